The molecule has 2 aromatic heterocycles. The highest BCUT2D eigenvalue weighted by atomic mass is 35.5. The number of hydrogen-bond donors (Lipinski definition) is 5. The van der Waals surface area contributed by atoms with E-state index in [4.69, 9.17) is 11.6 Å². The van der Waals surface area contributed by atoms with E-state index in [1.807, 2.05) is 0 Å². The van der Waals surface area contributed by atoms with E-state index in [1.54, 1.807) is 48.7 Å². The number of nitrogens with one attached hydrogen (secondary N) is 5. The Morgan fingerprint density at radius 2 is 2.10 bits per heavy atom. The van der Waals surface area contributed by atoms with Crippen molar-refractivity contribution in [3.63, 3.8) is 0 Å². The molecule has 4 aromatic rings. The molecule has 0 aliphatic carbocycles. The third-order valence-corrected chi connectivity index (χ3v) is 6.37. The third-order valence-electron chi connectivity index (χ3n) is 6.13. The number of nitrogens with zero attached hydrogens (tertiary/aromatic N) is 5. The molecular formula is C26H25ClN10O4. The van der Waals surface area contributed by atoms with E-state index in [0.717, 1.165) is 0 Å². The molecule has 0 spiro atoms. The number of imidazole rings is 1. The van der Waals surface area contributed by atoms with Crippen LogP contribution in [-0.2, 0) is 14.3 Å². The number of amides is 3. The van der Waals surface area contributed by atoms with Crippen molar-refractivity contribution in [2.75, 3.05) is 30.8 Å². The number of H-pyrrole nitrogens is 1. The van der Waals surface area contributed by atoms with E-state index in [-0.39, 0.29) is 18.2 Å². The molecule has 0 saturated heterocycles. The summed E-state index contributed by atoms with van der Waals surface area (Å²) in [6, 6.07) is 9.67. The zero-order chi connectivity index (χ0) is 28.8. The summed E-state index contributed by atoms with van der Waals surface area (Å²) in [5.41, 5.74) is 3.47. The summed E-state index contributed by atoms with van der Waals surface area (Å²) in [6.45, 7) is 0.677. The van der Waals surface area contributed by atoms with Gasteiger partial charge in [-0.1, -0.05) is 11.6 Å². The van der Waals surface area contributed by atoms with Gasteiger partial charge >= 0.3 is 6.09 Å². The van der Waals surface area contributed by atoms with Gasteiger partial charge in [0.1, 0.15) is 12.2 Å². The Bertz CT molecular complexity index is 1600. The summed E-state index contributed by atoms with van der Waals surface area (Å²) in [4.78, 5) is 45.0. The Kier molecular flexibility index (Phi) is 8.31. The summed E-state index contributed by atoms with van der Waals surface area (Å²) in [6.07, 6.45) is 5.62. The summed E-state index contributed by atoms with van der Waals surface area (Å²) in [5.74, 6) is -0.0835. The number of carbonyl (C=O) groups is 3. The molecule has 210 valence electrons. The smallest absolute Gasteiger partial charge is 0.411 e. The number of carbonyl (C=O) groups excluding carboxylic acids is 3. The number of aromatic amines is 1. The average Bonchev–Trinajstić information content (AvgIpc) is 3.66. The van der Waals surface area contributed by atoms with Gasteiger partial charge in [-0.2, -0.15) is 4.68 Å². The number of rotatable bonds is 5. The maximum Gasteiger partial charge on any atom is 0.411 e. The Hall–Kier alpha value is -5.08. The van der Waals surface area contributed by atoms with Crippen LogP contribution in [0.3, 0.4) is 0 Å². The van der Waals surface area contributed by atoms with Crippen molar-refractivity contribution in [3.8, 4) is 16.9 Å². The van der Waals surface area contributed by atoms with Gasteiger partial charge in [-0.25, -0.2) is 9.78 Å². The molecule has 2 bridgehead atoms. The van der Waals surface area contributed by atoms with E-state index in [0.29, 0.717) is 57.8 Å². The van der Waals surface area contributed by atoms with Gasteiger partial charge in [0.2, 0.25) is 11.8 Å². The Balaban J connectivity index is 1.38. The van der Waals surface area contributed by atoms with Gasteiger partial charge in [0, 0.05) is 47.4 Å². The number of benzene rings is 2. The van der Waals surface area contributed by atoms with Gasteiger partial charge in [0.25, 0.3) is 0 Å². The largest absolute Gasteiger partial charge is 0.453 e. The molecule has 15 heteroatoms. The van der Waals surface area contributed by atoms with Crippen LogP contribution in [0.15, 0.2) is 55.0 Å². The van der Waals surface area contributed by atoms with Crippen LogP contribution >= 0.6 is 11.6 Å². The zero-order valence-corrected chi connectivity index (χ0v) is 22.5. The normalized spacial score (nSPS) is 15.3. The van der Waals surface area contributed by atoms with E-state index >= 15 is 0 Å². The van der Waals surface area contributed by atoms with Crippen molar-refractivity contribution in [3.05, 3.63) is 71.4 Å². The molecule has 5 rings (SSSR count). The van der Waals surface area contributed by atoms with Gasteiger partial charge in [-0.15, -0.1) is 5.10 Å². The van der Waals surface area contributed by atoms with Gasteiger partial charge < -0.3 is 25.7 Å². The molecule has 2 aromatic carbocycles. The molecule has 3 amide bonds. The molecule has 1 atom stereocenters. The molecule has 1 aliphatic heterocycles. The molecule has 0 radical (unpaired) electrons. The number of hydrogen-bond acceptors (Lipinski definition) is 9. The minimum Gasteiger partial charge on any atom is -0.453 e. The minimum absolute atomic E-state index is 0.183. The molecule has 41 heavy (non-hydrogen) atoms. The van der Waals surface area contributed by atoms with Crippen LogP contribution in [0.2, 0.25) is 5.02 Å². The molecule has 5 N–H and O–H groups in total. The van der Waals surface area contributed by atoms with Crippen molar-refractivity contribution >= 4 is 47.0 Å². The Labute approximate surface area is 238 Å². The van der Waals surface area contributed by atoms with Crippen LogP contribution in [0.5, 0.6) is 0 Å². The minimum atomic E-state index is -0.632. The van der Waals surface area contributed by atoms with Gasteiger partial charge in [0.05, 0.1) is 36.4 Å². The van der Waals surface area contributed by atoms with Gasteiger partial charge in [-0.05, 0) is 52.9 Å². The molecule has 3 heterocycles. The molecule has 1 unspecified atom stereocenters. The van der Waals surface area contributed by atoms with Crippen LogP contribution in [0.4, 0.5) is 16.2 Å². The van der Waals surface area contributed by atoms with E-state index in [9.17, 15) is 14.4 Å². The van der Waals surface area contributed by atoms with Crippen molar-refractivity contribution in [2.45, 2.75) is 12.5 Å². The number of methoxy groups -OCH3 is 1. The SMILES string of the molecule is COC(=O)Nc1ccc2c(c1)NC(=O)CCNCC(NC(=O)/C=C/c1cc(Cl)ccc1-n1cnnn1)c1ncc-2[nH]1. The van der Waals surface area contributed by atoms with E-state index in [2.05, 4.69) is 51.5 Å². The molecule has 0 saturated carbocycles. The highest BCUT2D eigenvalue weighted by molar-refractivity contribution is 6.30. The Morgan fingerprint density at radius 1 is 1.22 bits per heavy atom. The van der Waals surface area contributed by atoms with Crippen LogP contribution < -0.4 is 21.3 Å². The molecule has 1 aliphatic rings. The predicted octanol–water partition coefficient (Wildman–Crippen LogP) is 2.69. The molecule has 0 fully saturated rings. The first kappa shape index (κ1) is 27.5. The van der Waals surface area contributed by atoms with E-state index in [1.165, 1.54) is 24.2 Å². The topological polar surface area (TPSA) is 181 Å². The lowest BCUT2D eigenvalue weighted by atomic mass is 10.1. The molecular weight excluding hydrogens is 552 g/mol. The van der Waals surface area contributed by atoms with E-state index < -0.39 is 12.1 Å². The summed E-state index contributed by atoms with van der Waals surface area (Å²) in [7, 11) is 1.26. The lowest BCUT2D eigenvalue weighted by Crippen LogP contribution is -2.36. The number of aromatic nitrogens is 6. The third kappa shape index (κ3) is 6.74. The summed E-state index contributed by atoms with van der Waals surface area (Å²) < 4.78 is 6.12. The number of halogens is 1. The highest BCUT2D eigenvalue weighted by Crippen LogP contribution is 2.31. The quantitative estimate of drug-likeness (QED) is 0.223. The molecule has 14 nitrogen and oxygen atoms in total. The summed E-state index contributed by atoms with van der Waals surface area (Å²) >= 11 is 6.18. The number of tetrazole rings is 1. The monoisotopic (exact) mass is 576 g/mol. The number of fused-ring (bicyclic) bond motifs is 4. The second-order valence-electron chi connectivity index (χ2n) is 8.91. The Morgan fingerprint density at radius 3 is 2.90 bits per heavy atom. The zero-order valence-electron chi connectivity index (χ0n) is 21.7. The second kappa shape index (κ2) is 12.4. The van der Waals surface area contributed by atoms with Gasteiger partial charge in [-0.3, -0.25) is 14.9 Å². The lowest BCUT2D eigenvalue weighted by molar-refractivity contribution is -0.117. The maximum atomic E-state index is 13.0. The predicted molar refractivity (Wildman–Crippen MR) is 150 cm³/mol. The first-order chi connectivity index (χ1) is 19.9. The van der Waals surface area contributed by atoms with Crippen molar-refractivity contribution in [1.29, 1.82) is 0 Å². The average molecular weight is 577 g/mol. The fraction of sp³-hybridized carbons (Fsp3) is 0.192. The van der Waals surface area contributed by atoms with Crippen LogP contribution in [0.25, 0.3) is 23.0 Å². The van der Waals surface area contributed by atoms with Gasteiger partial charge in [0.15, 0.2) is 0 Å². The fourth-order valence-electron chi connectivity index (χ4n) is 4.18. The first-order valence-corrected chi connectivity index (χ1v) is 12.8. The van der Waals surface area contributed by atoms with Crippen LogP contribution in [-0.4, -0.2) is 68.3 Å². The highest BCUT2D eigenvalue weighted by Gasteiger charge is 2.20. The second-order valence-corrected chi connectivity index (χ2v) is 9.35. The standard InChI is InChI=1S/C26H25ClN10O4/c1-41-26(40)31-17-4-5-18-19(11-17)32-24(39)8-9-28-12-21(25-29-13-20(18)34-25)33-23(38)7-2-15-10-16(27)3-6-22(15)37-14-30-35-36-37/h2-7,10-11,13-14,21,28H,8-9,12H2,1H3,(H,29,34)(H,31,40)(H,32,39)(H,33,38)/b7-2+. The first-order valence-electron chi connectivity index (χ1n) is 12.5. The van der Waals surface area contributed by atoms with Crippen molar-refractivity contribution in [2.24, 2.45) is 0 Å². The lowest BCUT2D eigenvalue weighted by Gasteiger charge is -2.18. The summed E-state index contributed by atoms with van der Waals surface area (Å²) in [5, 5.41) is 23.3. The van der Waals surface area contributed by atoms with Crippen LogP contribution in [0, 0.1) is 0 Å². The fourth-order valence-corrected chi connectivity index (χ4v) is 4.36. The number of anilines is 2. The number of ether oxygens (including phenoxy) is 1. The van der Waals surface area contributed by atoms with Crippen molar-refractivity contribution in [1.82, 2.24) is 40.8 Å². The maximum absolute atomic E-state index is 13.0. The van der Waals surface area contributed by atoms with Crippen molar-refractivity contribution < 1.29 is 19.1 Å². The van der Waals surface area contributed by atoms with Crippen LogP contribution in [0.1, 0.15) is 23.9 Å².